The average Bonchev–Trinajstić information content (AvgIpc) is 2.56. The van der Waals surface area contributed by atoms with Crippen LogP contribution in [-0.4, -0.2) is 30.5 Å². The molecule has 0 atom stereocenters. The molecule has 2 rings (SSSR count). The number of pyridine rings is 1. The summed E-state index contributed by atoms with van der Waals surface area (Å²) in [7, 11) is 4.07. The summed E-state index contributed by atoms with van der Waals surface area (Å²) in [5.74, 6) is 0. The van der Waals surface area contributed by atoms with Gasteiger partial charge in [-0.2, -0.15) is 0 Å². The molecule has 0 bridgehead atoms. The van der Waals surface area contributed by atoms with Crippen molar-refractivity contribution in [3.63, 3.8) is 0 Å². The molecule has 0 spiro atoms. The van der Waals surface area contributed by atoms with Crippen molar-refractivity contribution in [2.24, 2.45) is 0 Å². The Labute approximate surface area is 144 Å². The molecule has 4 heteroatoms. The third-order valence-corrected chi connectivity index (χ3v) is 3.63. The van der Waals surface area contributed by atoms with Gasteiger partial charge in [0.25, 0.3) is 6.43 Å². The first kappa shape index (κ1) is 20.2. The molecule has 24 heavy (non-hydrogen) atoms. The second-order valence-electron chi connectivity index (χ2n) is 5.82. The fraction of sp³-hybridized carbons (Fsp3) is 0.450. The predicted octanol–water partition coefficient (Wildman–Crippen LogP) is 5.52. The first-order chi connectivity index (χ1) is 11.5. The molecule has 0 aliphatic rings. The SMILES string of the molecule is CC.Cc1cc(-c2cc(CCCN(C)C)ccc2C(F)F)ccn1. The summed E-state index contributed by atoms with van der Waals surface area (Å²) in [6.07, 6.45) is 1.09. The molecule has 0 N–H and O–H groups in total. The molecule has 0 amide bonds. The Hall–Kier alpha value is -1.81. The van der Waals surface area contributed by atoms with Gasteiger partial charge in [-0.05, 0) is 69.2 Å². The maximum atomic E-state index is 13.3. The van der Waals surface area contributed by atoms with Crippen LogP contribution < -0.4 is 0 Å². The van der Waals surface area contributed by atoms with Crippen molar-refractivity contribution in [2.75, 3.05) is 20.6 Å². The highest BCUT2D eigenvalue weighted by atomic mass is 19.3. The summed E-state index contributed by atoms with van der Waals surface area (Å²) < 4.78 is 26.6. The lowest BCUT2D eigenvalue weighted by Crippen LogP contribution is -2.13. The largest absolute Gasteiger partial charge is 0.309 e. The van der Waals surface area contributed by atoms with E-state index in [1.54, 1.807) is 18.3 Å². The zero-order valence-corrected chi connectivity index (χ0v) is 15.3. The lowest BCUT2D eigenvalue weighted by molar-refractivity contribution is 0.152. The zero-order chi connectivity index (χ0) is 18.1. The minimum Gasteiger partial charge on any atom is -0.309 e. The number of aromatic nitrogens is 1. The first-order valence-electron chi connectivity index (χ1n) is 8.46. The van der Waals surface area contributed by atoms with Gasteiger partial charge in [-0.3, -0.25) is 4.98 Å². The molecule has 0 aliphatic carbocycles. The van der Waals surface area contributed by atoms with Crippen molar-refractivity contribution in [3.8, 4) is 11.1 Å². The number of nitrogens with zero attached hydrogens (tertiary/aromatic N) is 2. The Morgan fingerprint density at radius 2 is 1.79 bits per heavy atom. The highest BCUT2D eigenvalue weighted by Crippen LogP contribution is 2.32. The van der Waals surface area contributed by atoms with Crippen LogP contribution >= 0.6 is 0 Å². The molecule has 1 heterocycles. The molecule has 0 saturated heterocycles. The summed E-state index contributed by atoms with van der Waals surface area (Å²) in [6, 6.07) is 8.91. The van der Waals surface area contributed by atoms with E-state index < -0.39 is 6.43 Å². The lowest BCUT2D eigenvalue weighted by Gasteiger charge is -2.13. The quantitative estimate of drug-likeness (QED) is 0.692. The first-order valence-corrected chi connectivity index (χ1v) is 8.46. The number of hydrogen-bond donors (Lipinski definition) is 0. The van der Waals surface area contributed by atoms with Crippen molar-refractivity contribution >= 4 is 0 Å². The second kappa shape index (κ2) is 10.1. The van der Waals surface area contributed by atoms with Crippen molar-refractivity contribution in [1.29, 1.82) is 0 Å². The molecule has 1 aromatic heterocycles. The van der Waals surface area contributed by atoms with E-state index in [4.69, 9.17) is 0 Å². The van der Waals surface area contributed by atoms with Crippen LogP contribution in [0.4, 0.5) is 8.78 Å². The van der Waals surface area contributed by atoms with E-state index in [1.807, 2.05) is 53.1 Å². The highest BCUT2D eigenvalue weighted by Gasteiger charge is 2.15. The average molecular weight is 334 g/mol. The van der Waals surface area contributed by atoms with Gasteiger partial charge in [-0.25, -0.2) is 8.78 Å². The van der Waals surface area contributed by atoms with Crippen molar-refractivity contribution < 1.29 is 8.78 Å². The Bertz CT molecular complexity index is 625. The Balaban J connectivity index is 0.00000139. The Morgan fingerprint density at radius 3 is 2.38 bits per heavy atom. The van der Waals surface area contributed by atoms with Gasteiger partial charge in [0.1, 0.15) is 0 Å². The lowest BCUT2D eigenvalue weighted by atomic mass is 9.96. The van der Waals surface area contributed by atoms with Gasteiger partial charge < -0.3 is 4.90 Å². The van der Waals surface area contributed by atoms with Crippen LogP contribution in [0, 0.1) is 6.92 Å². The molecule has 0 saturated carbocycles. The third kappa shape index (κ3) is 6.00. The van der Waals surface area contributed by atoms with Crippen LogP contribution in [0.1, 0.15) is 43.5 Å². The van der Waals surface area contributed by atoms with E-state index in [9.17, 15) is 8.78 Å². The maximum absolute atomic E-state index is 13.3. The number of aryl methyl sites for hydroxylation is 2. The topological polar surface area (TPSA) is 16.1 Å². The van der Waals surface area contributed by atoms with E-state index >= 15 is 0 Å². The molecular formula is C20H28F2N2. The van der Waals surface area contributed by atoms with Crippen molar-refractivity contribution in [2.45, 2.75) is 40.0 Å². The smallest absolute Gasteiger partial charge is 0.264 e. The van der Waals surface area contributed by atoms with E-state index in [0.29, 0.717) is 5.56 Å². The molecule has 0 fully saturated rings. The van der Waals surface area contributed by atoms with Gasteiger partial charge in [-0.15, -0.1) is 0 Å². The normalized spacial score (nSPS) is 10.7. The van der Waals surface area contributed by atoms with Crippen LogP contribution in [0.5, 0.6) is 0 Å². The summed E-state index contributed by atoms with van der Waals surface area (Å²) in [6.45, 7) is 6.85. The fourth-order valence-corrected chi connectivity index (χ4v) is 2.51. The minimum atomic E-state index is -2.47. The Kier molecular flexibility index (Phi) is 8.55. The number of benzene rings is 1. The monoisotopic (exact) mass is 334 g/mol. The zero-order valence-electron chi connectivity index (χ0n) is 15.3. The van der Waals surface area contributed by atoms with Crippen molar-refractivity contribution in [3.05, 3.63) is 53.3 Å². The van der Waals surface area contributed by atoms with Crippen molar-refractivity contribution in [1.82, 2.24) is 9.88 Å². The minimum absolute atomic E-state index is 0.0851. The van der Waals surface area contributed by atoms with Gasteiger partial charge in [0, 0.05) is 17.5 Å². The van der Waals surface area contributed by atoms with Gasteiger partial charge in [0.05, 0.1) is 0 Å². The van der Waals surface area contributed by atoms with Crippen LogP contribution in [0.3, 0.4) is 0 Å². The second-order valence-corrected chi connectivity index (χ2v) is 5.82. The highest BCUT2D eigenvalue weighted by molar-refractivity contribution is 5.68. The molecule has 2 nitrogen and oxygen atoms in total. The number of rotatable bonds is 6. The van der Waals surface area contributed by atoms with Gasteiger partial charge in [0.15, 0.2) is 0 Å². The van der Waals surface area contributed by atoms with E-state index in [1.165, 1.54) is 0 Å². The maximum Gasteiger partial charge on any atom is 0.264 e. The molecule has 0 radical (unpaired) electrons. The van der Waals surface area contributed by atoms with Crippen LogP contribution in [0.2, 0.25) is 0 Å². The fourth-order valence-electron chi connectivity index (χ4n) is 2.51. The summed E-state index contributed by atoms with van der Waals surface area (Å²) in [5.41, 5.74) is 3.42. The standard InChI is InChI=1S/C18H22F2N2.C2H6/c1-13-11-15(8-9-21-13)17-12-14(5-4-10-22(2)3)6-7-16(17)18(19)20;1-2/h6-9,11-12,18H,4-5,10H2,1-3H3;1-2H3. The van der Waals surface area contributed by atoms with E-state index in [-0.39, 0.29) is 5.56 Å². The molecular weight excluding hydrogens is 306 g/mol. The summed E-state index contributed by atoms with van der Waals surface area (Å²) in [4.78, 5) is 6.26. The van der Waals surface area contributed by atoms with E-state index in [0.717, 1.165) is 36.2 Å². The number of hydrogen-bond acceptors (Lipinski definition) is 2. The molecule has 1 aromatic carbocycles. The van der Waals surface area contributed by atoms with Gasteiger partial charge in [0.2, 0.25) is 0 Å². The van der Waals surface area contributed by atoms with Crippen LogP contribution in [0.15, 0.2) is 36.5 Å². The summed E-state index contributed by atoms with van der Waals surface area (Å²) in [5, 5.41) is 0. The Morgan fingerprint density at radius 1 is 1.08 bits per heavy atom. The predicted molar refractivity (Wildman–Crippen MR) is 97.6 cm³/mol. The van der Waals surface area contributed by atoms with Crippen LogP contribution in [-0.2, 0) is 6.42 Å². The molecule has 2 aromatic rings. The molecule has 132 valence electrons. The summed E-state index contributed by atoms with van der Waals surface area (Å²) >= 11 is 0. The number of alkyl halides is 2. The number of halogens is 2. The third-order valence-electron chi connectivity index (χ3n) is 3.63. The van der Waals surface area contributed by atoms with Gasteiger partial charge in [-0.1, -0.05) is 32.0 Å². The molecule has 0 aliphatic heterocycles. The van der Waals surface area contributed by atoms with Crippen LogP contribution in [0.25, 0.3) is 11.1 Å². The van der Waals surface area contributed by atoms with Gasteiger partial charge >= 0.3 is 0 Å². The molecule has 0 unspecified atom stereocenters. The van der Waals surface area contributed by atoms with E-state index in [2.05, 4.69) is 9.88 Å².